The van der Waals surface area contributed by atoms with Crippen LogP contribution in [0.2, 0.25) is 5.02 Å². The Hall–Kier alpha value is -2.80. The van der Waals surface area contributed by atoms with Gasteiger partial charge >= 0.3 is 6.03 Å². The van der Waals surface area contributed by atoms with Crippen LogP contribution in [0.4, 0.5) is 4.79 Å². The minimum Gasteiger partial charge on any atom is -0.354 e. The van der Waals surface area contributed by atoms with E-state index >= 15 is 0 Å². The first kappa shape index (κ1) is 20.9. The van der Waals surface area contributed by atoms with Crippen molar-refractivity contribution in [1.29, 1.82) is 0 Å². The maximum absolute atomic E-state index is 13.2. The van der Waals surface area contributed by atoms with Crippen LogP contribution in [-0.2, 0) is 9.59 Å². The lowest BCUT2D eigenvalue weighted by molar-refractivity contribution is -0.132. The summed E-state index contributed by atoms with van der Waals surface area (Å²) in [6.45, 7) is 8.62. The Morgan fingerprint density at radius 1 is 1.38 bits per heavy atom. The van der Waals surface area contributed by atoms with Crippen LogP contribution in [0, 0.1) is 5.92 Å². The van der Waals surface area contributed by atoms with Crippen LogP contribution in [0.15, 0.2) is 48.2 Å². The summed E-state index contributed by atoms with van der Waals surface area (Å²) in [6, 6.07) is 6.11. The third-order valence-corrected chi connectivity index (χ3v) is 5.21. The van der Waals surface area contributed by atoms with Crippen LogP contribution >= 0.6 is 11.6 Å². The number of carbonyl (C=O) groups is 3. The van der Waals surface area contributed by atoms with Gasteiger partial charge in [-0.05, 0) is 17.5 Å². The van der Waals surface area contributed by atoms with Crippen molar-refractivity contribution in [3.8, 4) is 0 Å². The van der Waals surface area contributed by atoms with E-state index in [1.165, 1.54) is 9.80 Å². The largest absolute Gasteiger partial charge is 0.354 e. The van der Waals surface area contributed by atoms with Crippen molar-refractivity contribution in [2.75, 3.05) is 26.2 Å². The summed E-state index contributed by atoms with van der Waals surface area (Å²) in [5.41, 5.74) is 1.67. The summed E-state index contributed by atoms with van der Waals surface area (Å²) in [6.07, 6.45) is 1.60. The first-order valence-electron chi connectivity index (χ1n) is 9.55. The second-order valence-electron chi connectivity index (χ2n) is 7.52. The van der Waals surface area contributed by atoms with Gasteiger partial charge in [0.05, 0.1) is 23.9 Å². The number of hydrogen-bond acceptors (Lipinski definition) is 3. The minimum absolute atomic E-state index is 0.0656. The number of nitrogens with zero attached hydrogens (tertiary/aromatic N) is 2. The number of nitrogens with one attached hydrogen (secondary N) is 2. The van der Waals surface area contributed by atoms with Gasteiger partial charge in [-0.3, -0.25) is 14.5 Å². The summed E-state index contributed by atoms with van der Waals surface area (Å²) in [5.74, 6) is -0.191. The molecule has 4 amide bonds. The van der Waals surface area contributed by atoms with Crippen molar-refractivity contribution in [1.82, 2.24) is 20.4 Å². The fraction of sp³-hybridized carbons (Fsp3) is 0.381. The first-order valence-corrected chi connectivity index (χ1v) is 9.93. The number of urea groups is 1. The molecule has 0 aliphatic carbocycles. The van der Waals surface area contributed by atoms with E-state index in [0.717, 1.165) is 0 Å². The molecule has 154 valence electrons. The Morgan fingerprint density at radius 2 is 2.10 bits per heavy atom. The third-order valence-electron chi connectivity index (χ3n) is 4.87. The van der Waals surface area contributed by atoms with Gasteiger partial charge in [0.25, 0.3) is 5.91 Å². The molecule has 0 saturated heterocycles. The predicted molar refractivity (Wildman–Crippen MR) is 111 cm³/mol. The monoisotopic (exact) mass is 416 g/mol. The van der Waals surface area contributed by atoms with Crippen LogP contribution in [-0.4, -0.2) is 53.8 Å². The molecule has 7 nitrogen and oxygen atoms in total. The van der Waals surface area contributed by atoms with Crippen LogP contribution in [0.5, 0.6) is 0 Å². The molecule has 2 aliphatic rings. The predicted octanol–water partition coefficient (Wildman–Crippen LogP) is 2.46. The first-order chi connectivity index (χ1) is 13.8. The van der Waals surface area contributed by atoms with Crippen molar-refractivity contribution < 1.29 is 14.4 Å². The van der Waals surface area contributed by atoms with E-state index in [1.54, 1.807) is 30.3 Å². The average molecular weight is 417 g/mol. The SMILES string of the molecule is C=CCN1C(=O)N[C@H](c2ccccc2Cl)C2=C1CN(CC(=O)NCC(C)C)C2=O. The highest BCUT2D eigenvalue weighted by Crippen LogP contribution is 2.38. The number of carbonyl (C=O) groups excluding carboxylic acids is 3. The molecular formula is C21H25ClN4O3. The van der Waals surface area contributed by atoms with Gasteiger partial charge in [-0.1, -0.05) is 49.7 Å². The molecule has 1 aromatic rings. The highest BCUT2D eigenvalue weighted by atomic mass is 35.5. The molecule has 8 heteroatoms. The zero-order valence-electron chi connectivity index (χ0n) is 16.6. The number of hydrogen-bond donors (Lipinski definition) is 2. The van der Waals surface area contributed by atoms with Crippen LogP contribution in [0.3, 0.4) is 0 Å². The minimum atomic E-state index is -0.663. The highest BCUT2D eigenvalue weighted by Gasteiger charge is 2.44. The Morgan fingerprint density at radius 3 is 2.76 bits per heavy atom. The molecule has 2 N–H and O–H groups in total. The van der Waals surface area contributed by atoms with E-state index in [-0.39, 0.29) is 37.5 Å². The van der Waals surface area contributed by atoms with E-state index in [0.29, 0.717) is 34.3 Å². The Balaban J connectivity index is 1.91. The molecule has 2 heterocycles. The maximum atomic E-state index is 13.2. The lowest BCUT2D eigenvalue weighted by Gasteiger charge is -2.33. The molecule has 3 rings (SSSR count). The lowest BCUT2D eigenvalue weighted by atomic mass is 9.95. The van der Waals surface area contributed by atoms with Gasteiger partial charge in [0.15, 0.2) is 0 Å². The summed E-state index contributed by atoms with van der Waals surface area (Å²) in [5, 5.41) is 6.16. The van der Waals surface area contributed by atoms with E-state index in [4.69, 9.17) is 11.6 Å². The van der Waals surface area contributed by atoms with Gasteiger partial charge < -0.3 is 15.5 Å². The van der Waals surface area contributed by atoms with Crippen molar-refractivity contribution in [2.45, 2.75) is 19.9 Å². The van der Waals surface area contributed by atoms with Gasteiger partial charge in [-0.25, -0.2) is 4.79 Å². The van der Waals surface area contributed by atoms with Crippen molar-refractivity contribution in [2.24, 2.45) is 5.92 Å². The lowest BCUT2D eigenvalue weighted by Crippen LogP contribution is -2.47. The average Bonchev–Trinajstić information content (AvgIpc) is 2.99. The molecule has 0 saturated carbocycles. The van der Waals surface area contributed by atoms with E-state index in [1.807, 2.05) is 13.8 Å². The molecule has 0 spiro atoms. The number of amides is 4. The van der Waals surface area contributed by atoms with Gasteiger partial charge in [0, 0.05) is 18.1 Å². The molecule has 0 aromatic heterocycles. The normalized spacial score (nSPS) is 18.8. The van der Waals surface area contributed by atoms with E-state index < -0.39 is 6.04 Å². The second kappa shape index (κ2) is 8.69. The molecule has 0 radical (unpaired) electrons. The zero-order chi connectivity index (χ0) is 21.1. The molecule has 0 unspecified atom stereocenters. The number of halogens is 1. The Labute approximate surface area is 175 Å². The third kappa shape index (κ3) is 4.29. The molecular weight excluding hydrogens is 392 g/mol. The zero-order valence-corrected chi connectivity index (χ0v) is 17.3. The topological polar surface area (TPSA) is 81.8 Å². The van der Waals surface area contributed by atoms with E-state index in [2.05, 4.69) is 17.2 Å². The fourth-order valence-electron chi connectivity index (χ4n) is 3.49. The van der Waals surface area contributed by atoms with Crippen molar-refractivity contribution in [3.05, 3.63) is 58.8 Å². The number of rotatable bonds is 7. The quantitative estimate of drug-likeness (QED) is 0.670. The smallest absolute Gasteiger partial charge is 0.322 e. The molecule has 1 atom stereocenters. The molecule has 0 bridgehead atoms. The summed E-state index contributed by atoms with van der Waals surface area (Å²) in [4.78, 5) is 41.1. The van der Waals surface area contributed by atoms with Gasteiger partial charge in [0.1, 0.15) is 6.54 Å². The Bertz CT molecular complexity index is 880. The van der Waals surface area contributed by atoms with Crippen LogP contribution in [0.25, 0.3) is 0 Å². The van der Waals surface area contributed by atoms with Gasteiger partial charge in [0.2, 0.25) is 5.91 Å². The molecule has 29 heavy (non-hydrogen) atoms. The summed E-state index contributed by atoms with van der Waals surface area (Å²) >= 11 is 6.34. The number of benzene rings is 1. The standard InChI is InChI=1S/C21H25ClN4O3/c1-4-9-26-16-11-25(12-17(27)23-10-13(2)3)20(28)18(16)19(24-21(26)29)14-7-5-6-8-15(14)22/h4-8,13,19H,1,9-12H2,2-3H3,(H,23,27)(H,24,29)/t19-/m1/s1. The van der Waals surface area contributed by atoms with Crippen LogP contribution < -0.4 is 10.6 Å². The van der Waals surface area contributed by atoms with Crippen molar-refractivity contribution in [3.63, 3.8) is 0 Å². The molecule has 1 aromatic carbocycles. The second-order valence-corrected chi connectivity index (χ2v) is 7.93. The fourth-order valence-corrected chi connectivity index (χ4v) is 3.73. The maximum Gasteiger partial charge on any atom is 0.322 e. The van der Waals surface area contributed by atoms with Crippen LogP contribution in [0.1, 0.15) is 25.5 Å². The summed E-state index contributed by atoms with van der Waals surface area (Å²) < 4.78 is 0. The van der Waals surface area contributed by atoms with E-state index in [9.17, 15) is 14.4 Å². The Kier molecular flexibility index (Phi) is 6.27. The summed E-state index contributed by atoms with van der Waals surface area (Å²) in [7, 11) is 0. The highest BCUT2D eigenvalue weighted by molar-refractivity contribution is 6.31. The van der Waals surface area contributed by atoms with Gasteiger partial charge in [-0.15, -0.1) is 6.58 Å². The molecule has 0 fully saturated rings. The van der Waals surface area contributed by atoms with Gasteiger partial charge in [-0.2, -0.15) is 0 Å². The van der Waals surface area contributed by atoms with Crippen molar-refractivity contribution >= 4 is 29.4 Å². The molecule has 2 aliphatic heterocycles.